The summed E-state index contributed by atoms with van der Waals surface area (Å²) in [7, 11) is 0. The number of aromatic nitrogens is 3. The van der Waals surface area contributed by atoms with Gasteiger partial charge >= 0.3 is 0 Å². The number of nitriles is 1. The van der Waals surface area contributed by atoms with E-state index in [0.717, 1.165) is 17.0 Å². The third kappa shape index (κ3) is 1.48. The summed E-state index contributed by atoms with van der Waals surface area (Å²) in [5, 5.41) is 8.70. The summed E-state index contributed by atoms with van der Waals surface area (Å²) in [6.45, 7) is 1.85. The summed E-state index contributed by atoms with van der Waals surface area (Å²) < 4.78 is 0. The van der Waals surface area contributed by atoms with Gasteiger partial charge in [-0.25, -0.2) is 9.97 Å². The second-order valence-electron chi connectivity index (χ2n) is 2.93. The summed E-state index contributed by atoms with van der Waals surface area (Å²) in [6, 6.07) is 5.69. The zero-order valence-corrected chi connectivity index (χ0v) is 7.65. The lowest BCUT2D eigenvalue weighted by Crippen LogP contribution is -1.93. The molecule has 1 N–H and O–H groups in total. The molecule has 0 saturated carbocycles. The van der Waals surface area contributed by atoms with Crippen LogP contribution in [-0.4, -0.2) is 15.0 Å². The Hall–Kier alpha value is -2.15. The maximum Gasteiger partial charge on any atom is 0.232 e. The van der Waals surface area contributed by atoms with E-state index < -0.39 is 0 Å². The Morgan fingerprint density at radius 3 is 2.93 bits per heavy atom. The zero-order chi connectivity index (χ0) is 9.97. The number of hydrogen-bond acceptors (Lipinski definition) is 3. The molecule has 0 bridgehead atoms. The van der Waals surface area contributed by atoms with Crippen LogP contribution in [0.2, 0.25) is 0 Å². The van der Waals surface area contributed by atoms with Gasteiger partial charge in [-0.05, 0) is 19.1 Å². The van der Waals surface area contributed by atoms with Crippen LogP contribution in [0.4, 0.5) is 0 Å². The Bertz CT molecular complexity index is 479. The molecule has 0 amide bonds. The van der Waals surface area contributed by atoms with Gasteiger partial charge in [0.2, 0.25) is 5.82 Å². The van der Waals surface area contributed by atoms with Crippen LogP contribution in [0.5, 0.6) is 0 Å². The first-order valence-corrected chi connectivity index (χ1v) is 4.18. The van der Waals surface area contributed by atoms with Crippen LogP contribution in [0.3, 0.4) is 0 Å². The van der Waals surface area contributed by atoms with E-state index >= 15 is 0 Å². The smallest absolute Gasteiger partial charge is 0.232 e. The first kappa shape index (κ1) is 8.45. The molecule has 0 atom stereocenters. The van der Waals surface area contributed by atoms with Crippen molar-refractivity contribution in [2.24, 2.45) is 0 Å². The Morgan fingerprint density at radius 2 is 2.29 bits per heavy atom. The van der Waals surface area contributed by atoms with Gasteiger partial charge < -0.3 is 4.98 Å². The van der Waals surface area contributed by atoms with Gasteiger partial charge in [0, 0.05) is 23.7 Å². The molecule has 2 heterocycles. The van der Waals surface area contributed by atoms with Crippen molar-refractivity contribution < 1.29 is 0 Å². The maximum absolute atomic E-state index is 8.70. The highest BCUT2D eigenvalue weighted by atomic mass is 14.9. The number of aromatic amines is 1. The first-order chi connectivity index (χ1) is 6.79. The average molecular weight is 184 g/mol. The molecular weight excluding hydrogens is 176 g/mol. The van der Waals surface area contributed by atoms with Crippen LogP contribution < -0.4 is 0 Å². The molecule has 68 valence electrons. The van der Waals surface area contributed by atoms with Gasteiger partial charge in [0.15, 0.2) is 0 Å². The van der Waals surface area contributed by atoms with Gasteiger partial charge in [-0.1, -0.05) is 0 Å². The molecule has 0 spiro atoms. The first-order valence-electron chi connectivity index (χ1n) is 4.18. The van der Waals surface area contributed by atoms with Crippen LogP contribution in [-0.2, 0) is 0 Å². The predicted octanol–water partition coefficient (Wildman–Crippen LogP) is 1.65. The van der Waals surface area contributed by atoms with Crippen molar-refractivity contribution in [2.75, 3.05) is 0 Å². The molecule has 0 aliphatic carbocycles. The quantitative estimate of drug-likeness (QED) is 0.732. The molecular formula is C10H8N4. The summed E-state index contributed by atoms with van der Waals surface area (Å²) in [6.07, 6.45) is 3.65. The van der Waals surface area contributed by atoms with E-state index in [1.807, 2.05) is 37.5 Å². The van der Waals surface area contributed by atoms with Crippen molar-refractivity contribution in [3.8, 4) is 17.3 Å². The van der Waals surface area contributed by atoms with Crippen LogP contribution in [0, 0.1) is 18.3 Å². The van der Waals surface area contributed by atoms with Crippen LogP contribution in [0.15, 0.2) is 24.5 Å². The van der Waals surface area contributed by atoms with E-state index in [4.69, 9.17) is 5.26 Å². The summed E-state index contributed by atoms with van der Waals surface area (Å²) in [5.41, 5.74) is 2.54. The number of rotatable bonds is 1. The molecule has 2 aromatic rings. The highest BCUT2D eigenvalue weighted by Crippen LogP contribution is 2.16. The molecule has 2 rings (SSSR count). The minimum Gasteiger partial charge on any atom is -0.367 e. The van der Waals surface area contributed by atoms with Gasteiger partial charge in [-0.3, -0.25) is 0 Å². The minimum atomic E-state index is 0.209. The van der Waals surface area contributed by atoms with E-state index in [1.54, 1.807) is 0 Å². The van der Waals surface area contributed by atoms with Crippen molar-refractivity contribution in [2.45, 2.75) is 6.92 Å². The molecule has 2 aromatic heterocycles. The minimum absolute atomic E-state index is 0.209. The third-order valence-corrected chi connectivity index (χ3v) is 1.85. The number of nitrogens with zero attached hydrogens (tertiary/aromatic N) is 3. The fourth-order valence-corrected chi connectivity index (χ4v) is 1.25. The normalized spacial score (nSPS) is 9.71. The van der Waals surface area contributed by atoms with E-state index in [2.05, 4.69) is 15.0 Å². The topological polar surface area (TPSA) is 65.4 Å². The third-order valence-electron chi connectivity index (χ3n) is 1.85. The number of hydrogen-bond donors (Lipinski definition) is 1. The molecule has 0 aromatic carbocycles. The highest BCUT2D eigenvalue weighted by Gasteiger charge is 2.03. The SMILES string of the molecule is Cc1cc(-c2cc[nH]c2)nc(C#N)n1. The van der Waals surface area contributed by atoms with Crippen molar-refractivity contribution in [3.63, 3.8) is 0 Å². The van der Waals surface area contributed by atoms with Gasteiger partial charge in [0.1, 0.15) is 6.07 Å². The van der Waals surface area contributed by atoms with Crippen molar-refractivity contribution >= 4 is 0 Å². The fourth-order valence-electron chi connectivity index (χ4n) is 1.25. The molecule has 0 radical (unpaired) electrons. The molecule has 0 fully saturated rings. The van der Waals surface area contributed by atoms with Crippen molar-refractivity contribution in [1.82, 2.24) is 15.0 Å². The van der Waals surface area contributed by atoms with E-state index in [9.17, 15) is 0 Å². The lowest BCUT2D eigenvalue weighted by Gasteiger charge is -1.98. The lowest BCUT2D eigenvalue weighted by atomic mass is 10.2. The number of nitrogens with one attached hydrogen (secondary N) is 1. The molecule has 4 heteroatoms. The Labute approximate surface area is 81.3 Å². The maximum atomic E-state index is 8.70. The Morgan fingerprint density at radius 1 is 1.43 bits per heavy atom. The Kier molecular flexibility index (Phi) is 1.99. The van der Waals surface area contributed by atoms with Crippen LogP contribution >= 0.6 is 0 Å². The fraction of sp³-hybridized carbons (Fsp3) is 0.100. The van der Waals surface area contributed by atoms with E-state index in [0.29, 0.717) is 0 Å². The highest BCUT2D eigenvalue weighted by molar-refractivity contribution is 5.58. The van der Waals surface area contributed by atoms with Gasteiger partial charge in [-0.2, -0.15) is 5.26 Å². The van der Waals surface area contributed by atoms with Gasteiger partial charge in [0.25, 0.3) is 0 Å². The summed E-state index contributed by atoms with van der Waals surface area (Å²) in [5.74, 6) is 0.209. The van der Waals surface area contributed by atoms with E-state index in [-0.39, 0.29) is 5.82 Å². The van der Waals surface area contributed by atoms with Crippen LogP contribution in [0.25, 0.3) is 11.3 Å². The second kappa shape index (κ2) is 3.30. The van der Waals surface area contributed by atoms with Crippen molar-refractivity contribution in [1.29, 1.82) is 5.26 Å². The standard InChI is InChI=1S/C10H8N4/c1-7-4-9(8-2-3-12-6-8)14-10(5-11)13-7/h2-4,6,12H,1H3. The average Bonchev–Trinajstić information content (AvgIpc) is 2.69. The van der Waals surface area contributed by atoms with E-state index in [1.165, 1.54) is 0 Å². The number of aryl methyl sites for hydroxylation is 1. The van der Waals surface area contributed by atoms with Crippen LogP contribution in [0.1, 0.15) is 11.5 Å². The molecule has 4 nitrogen and oxygen atoms in total. The monoisotopic (exact) mass is 184 g/mol. The summed E-state index contributed by atoms with van der Waals surface area (Å²) in [4.78, 5) is 11.0. The second-order valence-corrected chi connectivity index (χ2v) is 2.93. The molecule has 0 saturated heterocycles. The van der Waals surface area contributed by atoms with Gasteiger partial charge in [-0.15, -0.1) is 0 Å². The number of H-pyrrole nitrogens is 1. The lowest BCUT2D eigenvalue weighted by molar-refractivity contribution is 1.07. The largest absolute Gasteiger partial charge is 0.367 e. The Balaban J connectivity index is 2.55. The molecule has 0 aliphatic rings. The summed E-state index contributed by atoms with van der Waals surface area (Å²) >= 11 is 0. The molecule has 0 unspecified atom stereocenters. The predicted molar refractivity (Wildman–Crippen MR) is 51.3 cm³/mol. The van der Waals surface area contributed by atoms with Gasteiger partial charge in [0.05, 0.1) is 5.69 Å². The van der Waals surface area contributed by atoms with Crippen molar-refractivity contribution in [3.05, 3.63) is 36.0 Å². The zero-order valence-electron chi connectivity index (χ0n) is 7.65. The molecule has 14 heavy (non-hydrogen) atoms. The molecule has 0 aliphatic heterocycles.